The van der Waals surface area contributed by atoms with E-state index in [9.17, 15) is 9.59 Å². The Morgan fingerprint density at radius 1 is 1.08 bits per heavy atom. The molecule has 0 unspecified atom stereocenters. The minimum Gasteiger partial charge on any atom is -0.325 e. The molecule has 2 amide bonds. The van der Waals surface area contributed by atoms with Crippen molar-refractivity contribution < 1.29 is 9.59 Å². The molecule has 138 valence electrons. The fourth-order valence-electron chi connectivity index (χ4n) is 2.58. The van der Waals surface area contributed by atoms with Crippen LogP contribution in [0.3, 0.4) is 0 Å². The van der Waals surface area contributed by atoms with Gasteiger partial charge in [-0.1, -0.05) is 29.8 Å². The summed E-state index contributed by atoms with van der Waals surface area (Å²) in [6.45, 7) is 4.42. The molecule has 6 heteroatoms. The zero-order chi connectivity index (χ0) is 19.1. The van der Waals surface area contributed by atoms with Crippen molar-refractivity contribution in [1.82, 2.24) is 4.90 Å². The minimum absolute atomic E-state index is 0.0412. The summed E-state index contributed by atoms with van der Waals surface area (Å²) in [6, 6.07) is 16.0. The van der Waals surface area contributed by atoms with Crippen molar-refractivity contribution in [3.8, 4) is 0 Å². The second kappa shape index (κ2) is 9.36. The van der Waals surface area contributed by atoms with Gasteiger partial charge in [0.2, 0.25) is 11.8 Å². The van der Waals surface area contributed by atoms with E-state index in [0.717, 1.165) is 5.69 Å². The van der Waals surface area contributed by atoms with Crippen LogP contribution in [0.4, 0.5) is 11.4 Å². The number of nitrogens with one attached hydrogen (secondary N) is 1. The molecule has 5 nitrogen and oxygen atoms in total. The summed E-state index contributed by atoms with van der Waals surface area (Å²) < 4.78 is 0. The Hall–Kier alpha value is -2.37. The highest BCUT2D eigenvalue weighted by atomic mass is 35.5. The number of hydrogen-bond acceptors (Lipinski definition) is 3. The molecule has 0 saturated carbocycles. The third-order valence-electron chi connectivity index (χ3n) is 4.19. The number of rotatable bonds is 7. The number of carbonyl (C=O) groups is 2. The number of likely N-dealkylation sites (N-methyl/N-ethyl adjacent to an activating group) is 2. The van der Waals surface area contributed by atoms with Gasteiger partial charge >= 0.3 is 0 Å². The van der Waals surface area contributed by atoms with E-state index in [1.807, 2.05) is 44.2 Å². The lowest BCUT2D eigenvalue weighted by molar-refractivity contribution is -0.124. The van der Waals surface area contributed by atoms with Crippen molar-refractivity contribution in [3.05, 3.63) is 59.6 Å². The Morgan fingerprint density at radius 2 is 1.69 bits per heavy atom. The number of carbonyl (C=O) groups excluding carboxylic acids is 2. The second-order valence-corrected chi connectivity index (χ2v) is 6.50. The van der Waals surface area contributed by atoms with Crippen LogP contribution in [0.15, 0.2) is 54.6 Å². The van der Waals surface area contributed by atoms with Gasteiger partial charge in [0.15, 0.2) is 0 Å². The molecule has 2 aromatic rings. The van der Waals surface area contributed by atoms with Crippen molar-refractivity contribution in [2.24, 2.45) is 0 Å². The Bertz CT molecular complexity index is 734. The topological polar surface area (TPSA) is 52.7 Å². The first kappa shape index (κ1) is 19.9. The van der Waals surface area contributed by atoms with E-state index in [0.29, 0.717) is 17.3 Å². The zero-order valence-corrected chi connectivity index (χ0v) is 16.0. The maximum atomic E-state index is 12.8. The summed E-state index contributed by atoms with van der Waals surface area (Å²) in [4.78, 5) is 28.5. The predicted molar refractivity (Wildman–Crippen MR) is 107 cm³/mol. The lowest BCUT2D eigenvalue weighted by atomic mass is 10.2. The van der Waals surface area contributed by atoms with Gasteiger partial charge < -0.3 is 10.2 Å². The lowest BCUT2D eigenvalue weighted by Crippen LogP contribution is -2.48. The van der Waals surface area contributed by atoms with Crippen LogP contribution in [0.5, 0.6) is 0 Å². The number of anilines is 2. The summed E-state index contributed by atoms with van der Waals surface area (Å²) in [5, 5.41) is 3.42. The summed E-state index contributed by atoms with van der Waals surface area (Å²) in [7, 11) is 1.77. The largest absolute Gasteiger partial charge is 0.325 e. The van der Waals surface area contributed by atoms with E-state index in [2.05, 4.69) is 5.32 Å². The van der Waals surface area contributed by atoms with Gasteiger partial charge in [-0.25, -0.2) is 0 Å². The third-order valence-corrected chi connectivity index (χ3v) is 4.44. The molecule has 0 radical (unpaired) electrons. The molecule has 0 aromatic heterocycles. The van der Waals surface area contributed by atoms with Gasteiger partial charge in [0.25, 0.3) is 0 Å². The highest BCUT2D eigenvalue weighted by Gasteiger charge is 2.25. The molecule has 0 saturated heterocycles. The molecular formula is C20H24ClN3O2. The Labute approximate surface area is 159 Å². The molecule has 0 spiro atoms. The number of nitrogens with zero attached hydrogens (tertiary/aromatic N) is 2. The second-order valence-electron chi connectivity index (χ2n) is 6.06. The zero-order valence-electron chi connectivity index (χ0n) is 15.3. The average molecular weight is 374 g/mol. The first-order valence-electron chi connectivity index (χ1n) is 8.54. The molecule has 0 heterocycles. The van der Waals surface area contributed by atoms with E-state index >= 15 is 0 Å². The molecule has 1 N–H and O–H groups in total. The molecule has 2 aromatic carbocycles. The fraction of sp³-hybridized carbons (Fsp3) is 0.300. The summed E-state index contributed by atoms with van der Waals surface area (Å²) in [6.07, 6.45) is 0. The summed E-state index contributed by atoms with van der Waals surface area (Å²) in [5.74, 6) is -0.224. The van der Waals surface area contributed by atoms with Gasteiger partial charge in [-0.2, -0.15) is 0 Å². The Kier molecular flexibility index (Phi) is 7.18. The standard InChI is InChI=1S/C20H24ClN3O2/c1-4-24(18-8-6-5-7-9-18)20(26)15(2)23(3)14-19(25)22-17-12-10-16(21)11-13-17/h5-13,15H,4,14H2,1-3H3,(H,22,25)/t15-/m0/s1. The van der Waals surface area contributed by atoms with Crippen LogP contribution in [-0.4, -0.2) is 42.9 Å². The number of para-hydroxylation sites is 1. The first-order valence-corrected chi connectivity index (χ1v) is 8.92. The maximum absolute atomic E-state index is 12.8. The van der Waals surface area contributed by atoms with E-state index in [-0.39, 0.29) is 18.4 Å². The van der Waals surface area contributed by atoms with Crippen molar-refractivity contribution in [2.45, 2.75) is 19.9 Å². The van der Waals surface area contributed by atoms with Gasteiger partial charge in [-0.15, -0.1) is 0 Å². The van der Waals surface area contributed by atoms with Crippen molar-refractivity contribution >= 4 is 34.8 Å². The molecule has 0 fully saturated rings. The van der Waals surface area contributed by atoms with Crippen LogP contribution < -0.4 is 10.2 Å². The van der Waals surface area contributed by atoms with Gasteiger partial charge in [-0.3, -0.25) is 14.5 Å². The van der Waals surface area contributed by atoms with Crippen LogP contribution in [-0.2, 0) is 9.59 Å². The summed E-state index contributed by atoms with van der Waals surface area (Å²) >= 11 is 5.84. The van der Waals surface area contributed by atoms with E-state index in [4.69, 9.17) is 11.6 Å². The first-order chi connectivity index (χ1) is 12.4. The lowest BCUT2D eigenvalue weighted by Gasteiger charge is -2.29. The van der Waals surface area contributed by atoms with E-state index in [1.54, 1.807) is 41.1 Å². The molecule has 0 aliphatic heterocycles. The predicted octanol–water partition coefficient (Wildman–Crippen LogP) is 3.65. The molecule has 0 aliphatic rings. The van der Waals surface area contributed by atoms with Gasteiger partial charge in [0.05, 0.1) is 12.6 Å². The Balaban J connectivity index is 1.96. The molecular weight excluding hydrogens is 350 g/mol. The number of hydrogen-bond donors (Lipinski definition) is 1. The number of benzene rings is 2. The SMILES string of the molecule is CCN(C(=O)[C@H](C)N(C)CC(=O)Nc1ccc(Cl)cc1)c1ccccc1. The molecule has 26 heavy (non-hydrogen) atoms. The highest BCUT2D eigenvalue weighted by molar-refractivity contribution is 6.30. The Morgan fingerprint density at radius 3 is 2.27 bits per heavy atom. The summed E-state index contributed by atoms with van der Waals surface area (Å²) in [5.41, 5.74) is 1.53. The van der Waals surface area contributed by atoms with E-state index in [1.165, 1.54) is 0 Å². The maximum Gasteiger partial charge on any atom is 0.244 e. The number of amides is 2. The van der Waals surface area contributed by atoms with Crippen LogP contribution in [0, 0.1) is 0 Å². The van der Waals surface area contributed by atoms with Gasteiger partial charge in [-0.05, 0) is 57.3 Å². The smallest absolute Gasteiger partial charge is 0.244 e. The third kappa shape index (κ3) is 5.31. The van der Waals surface area contributed by atoms with Crippen molar-refractivity contribution in [2.75, 3.05) is 30.4 Å². The van der Waals surface area contributed by atoms with Gasteiger partial charge in [0, 0.05) is 22.9 Å². The molecule has 2 rings (SSSR count). The monoisotopic (exact) mass is 373 g/mol. The van der Waals surface area contributed by atoms with E-state index < -0.39 is 6.04 Å². The minimum atomic E-state index is -0.425. The van der Waals surface area contributed by atoms with Gasteiger partial charge in [0.1, 0.15) is 0 Å². The van der Waals surface area contributed by atoms with Crippen LogP contribution >= 0.6 is 11.6 Å². The fourth-order valence-corrected chi connectivity index (χ4v) is 2.71. The quantitative estimate of drug-likeness (QED) is 0.805. The van der Waals surface area contributed by atoms with Crippen LogP contribution in [0.25, 0.3) is 0 Å². The van der Waals surface area contributed by atoms with Crippen LogP contribution in [0.2, 0.25) is 5.02 Å². The van der Waals surface area contributed by atoms with Crippen LogP contribution in [0.1, 0.15) is 13.8 Å². The van der Waals surface area contributed by atoms with Crippen molar-refractivity contribution in [3.63, 3.8) is 0 Å². The van der Waals surface area contributed by atoms with Crippen molar-refractivity contribution in [1.29, 1.82) is 0 Å². The average Bonchev–Trinajstić information content (AvgIpc) is 2.64. The number of halogens is 1. The normalized spacial score (nSPS) is 11.9. The highest BCUT2D eigenvalue weighted by Crippen LogP contribution is 2.16. The molecule has 0 bridgehead atoms. The molecule has 0 aliphatic carbocycles. The molecule has 1 atom stereocenters.